The molecule has 190 valence electrons. The van der Waals surface area contributed by atoms with Gasteiger partial charge in [0.05, 0.1) is 29.0 Å². The van der Waals surface area contributed by atoms with E-state index in [2.05, 4.69) is 5.32 Å². The van der Waals surface area contributed by atoms with Crippen molar-refractivity contribution >= 4 is 57.6 Å². The smallest absolute Gasteiger partial charge is 0.418 e. The third-order valence-corrected chi connectivity index (χ3v) is 6.46. The highest BCUT2D eigenvalue weighted by Gasteiger charge is 2.34. The molecule has 1 saturated heterocycles. The summed E-state index contributed by atoms with van der Waals surface area (Å²) in [5.41, 5.74) is -0.0196. The lowest BCUT2D eigenvalue weighted by molar-refractivity contribution is -0.137. The summed E-state index contributed by atoms with van der Waals surface area (Å²) in [7, 11) is 1.40. The molecule has 6 nitrogen and oxygen atoms in total. The van der Waals surface area contributed by atoms with Gasteiger partial charge in [-0.1, -0.05) is 60.4 Å². The Kier molecular flexibility index (Phi) is 7.84. The Hall–Kier alpha value is -3.83. The number of carbonyl (C=O) groups is 2. The van der Waals surface area contributed by atoms with Crippen molar-refractivity contribution in [3.8, 4) is 11.5 Å². The lowest BCUT2D eigenvalue weighted by atomic mass is 10.1. The van der Waals surface area contributed by atoms with Crippen molar-refractivity contribution in [2.24, 2.45) is 0 Å². The molecule has 0 radical (unpaired) electrons. The molecule has 0 saturated carbocycles. The number of halogens is 3. The number of amides is 2. The van der Waals surface area contributed by atoms with Gasteiger partial charge >= 0.3 is 6.18 Å². The van der Waals surface area contributed by atoms with Crippen LogP contribution in [-0.4, -0.2) is 29.9 Å². The fourth-order valence-electron chi connectivity index (χ4n) is 3.48. The van der Waals surface area contributed by atoms with E-state index in [4.69, 9.17) is 21.7 Å². The zero-order valence-electron chi connectivity index (χ0n) is 19.2. The number of nitrogens with one attached hydrogen (secondary N) is 1. The van der Waals surface area contributed by atoms with Crippen LogP contribution in [-0.2, 0) is 15.8 Å². The van der Waals surface area contributed by atoms with Crippen molar-refractivity contribution < 1.29 is 32.2 Å². The lowest BCUT2D eigenvalue weighted by Gasteiger charge is -2.15. The largest absolute Gasteiger partial charge is 0.493 e. The van der Waals surface area contributed by atoms with Gasteiger partial charge in [-0.2, -0.15) is 13.2 Å². The average Bonchev–Trinajstić information content (AvgIpc) is 3.15. The molecule has 1 heterocycles. The zero-order valence-corrected chi connectivity index (χ0v) is 20.9. The summed E-state index contributed by atoms with van der Waals surface area (Å²) >= 11 is 6.55. The van der Waals surface area contributed by atoms with E-state index in [1.807, 2.05) is 18.2 Å². The third-order valence-electron chi connectivity index (χ3n) is 5.16. The molecular weight excluding hydrogens is 525 g/mol. The molecule has 0 atom stereocenters. The maximum Gasteiger partial charge on any atom is 0.418 e. The van der Waals surface area contributed by atoms with E-state index < -0.39 is 24.3 Å². The van der Waals surface area contributed by atoms with Gasteiger partial charge in [-0.3, -0.25) is 14.5 Å². The number of rotatable bonds is 7. The summed E-state index contributed by atoms with van der Waals surface area (Å²) in [6.45, 7) is -0.544. The normalized spacial score (nSPS) is 14.7. The number of carbonyl (C=O) groups excluding carboxylic acids is 2. The SMILES string of the molecule is COc1cc(/C=C2\SC(=S)N(c3ccccc3)C2=O)ccc1OCC(=O)Nc1ccccc1C(F)(F)F. The van der Waals surface area contributed by atoms with E-state index in [-0.39, 0.29) is 23.1 Å². The van der Waals surface area contributed by atoms with Gasteiger partial charge < -0.3 is 14.8 Å². The number of nitrogens with zero attached hydrogens (tertiary/aromatic N) is 1. The number of hydrogen-bond acceptors (Lipinski definition) is 6. The van der Waals surface area contributed by atoms with E-state index in [1.54, 1.807) is 36.4 Å². The van der Waals surface area contributed by atoms with Crippen molar-refractivity contribution in [1.82, 2.24) is 0 Å². The van der Waals surface area contributed by atoms with E-state index in [0.717, 1.165) is 12.1 Å². The Morgan fingerprint density at radius 2 is 1.76 bits per heavy atom. The summed E-state index contributed by atoms with van der Waals surface area (Å²) < 4.78 is 50.7. The molecule has 0 aliphatic carbocycles. The first-order valence-electron chi connectivity index (χ1n) is 10.8. The second-order valence-electron chi connectivity index (χ2n) is 7.64. The molecule has 1 aliphatic rings. The van der Waals surface area contributed by atoms with Gasteiger partial charge in [0.25, 0.3) is 11.8 Å². The molecule has 0 aromatic heterocycles. The highest BCUT2D eigenvalue weighted by atomic mass is 32.2. The molecule has 1 fully saturated rings. The van der Waals surface area contributed by atoms with Crippen LogP contribution in [0.1, 0.15) is 11.1 Å². The molecule has 1 N–H and O–H groups in total. The molecule has 3 aromatic carbocycles. The van der Waals surface area contributed by atoms with Gasteiger partial charge in [0.1, 0.15) is 0 Å². The van der Waals surface area contributed by atoms with Gasteiger partial charge in [0.2, 0.25) is 0 Å². The number of benzene rings is 3. The predicted molar refractivity (Wildman–Crippen MR) is 141 cm³/mol. The van der Waals surface area contributed by atoms with Crippen LogP contribution in [0.3, 0.4) is 0 Å². The Bertz CT molecular complexity index is 1380. The second kappa shape index (κ2) is 11.1. The maximum atomic E-state index is 13.1. The molecule has 37 heavy (non-hydrogen) atoms. The van der Waals surface area contributed by atoms with Crippen LogP contribution in [0.15, 0.2) is 77.7 Å². The van der Waals surface area contributed by atoms with Crippen molar-refractivity contribution in [3.63, 3.8) is 0 Å². The first-order chi connectivity index (χ1) is 17.7. The van der Waals surface area contributed by atoms with Crippen molar-refractivity contribution in [2.75, 3.05) is 23.9 Å². The van der Waals surface area contributed by atoms with Crippen LogP contribution in [0, 0.1) is 0 Å². The lowest BCUT2D eigenvalue weighted by Crippen LogP contribution is -2.27. The van der Waals surface area contributed by atoms with E-state index in [9.17, 15) is 22.8 Å². The number of thioether (sulfide) groups is 1. The van der Waals surface area contributed by atoms with E-state index >= 15 is 0 Å². The Balaban J connectivity index is 1.45. The van der Waals surface area contributed by atoms with Gasteiger partial charge in [-0.25, -0.2) is 0 Å². The van der Waals surface area contributed by atoms with Crippen LogP contribution >= 0.6 is 24.0 Å². The van der Waals surface area contributed by atoms with E-state index in [1.165, 1.54) is 35.9 Å². The molecule has 0 spiro atoms. The van der Waals surface area contributed by atoms with Crippen LogP contribution < -0.4 is 19.7 Å². The standard InChI is InChI=1S/C26H19F3N2O4S2/c1-34-21-13-16(14-22-24(33)31(25(36)37-22)17-7-3-2-4-8-17)11-12-20(21)35-15-23(32)30-19-10-6-5-9-18(19)26(27,28)29/h2-14H,15H2,1H3,(H,30,32)/b22-14-. The van der Waals surface area contributed by atoms with Crippen molar-refractivity contribution in [3.05, 3.63) is 88.8 Å². The first-order valence-corrected chi connectivity index (χ1v) is 12.0. The predicted octanol–water partition coefficient (Wildman–Crippen LogP) is 6.14. The minimum atomic E-state index is -4.61. The first kappa shape index (κ1) is 26.2. The number of para-hydroxylation sites is 2. The van der Waals surface area contributed by atoms with Crippen molar-refractivity contribution in [1.29, 1.82) is 0 Å². The third kappa shape index (κ3) is 6.12. The van der Waals surface area contributed by atoms with Gasteiger partial charge in [0.15, 0.2) is 22.4 Å². The number of ether oxygens (including phenoxy) is 2. The number of thiocarbonyl (C=S) groups is 1. The Labute approximate surface area is 220 Å². The highest BCUT2D eigenvalue weighted by molar-refractivity contribution is 8.27. The zero-order chi connectivity index (χ0) is 26.6. The highest BCUT2D eigenvalue weighted by Crippen LogP contribution is 2.37. The summed E-state index contributed by atoms with van der Waals surface area (Å²) in [6.07, 6.45) is -2.95. The molecular formula is C26H19F3N2O4S2. The number of anilines is 2. The number of methoxy groups -OCH3 is 1. The minimum absolute atomic E-state index is 0.204. The molecule has 1 aliphatic heterocycles. The molecule has 3 aromatic rings. The van der Waals surface area contributed by atoms with Crippen LogP contribution in [0.2, 0.25) is 0 Å². The average molecular weight is 545 g/mol. The van der Waals surface area contributed by atoms with Crippen molar-refractivity contribution in [2.45, 2.75) is 6.18 Å². The molecule has 11 heteroatoms. The summed E-state index contributed by atoms with van der Waals surface area (Å²) in [4.78, 5) is 27.1. The van der Waals surface area contributed by atoms with Crippen LogP contribution in [0.25, 0.3) is 6.08 Å². The minimum Gasteiger partial charge on any atom is -0.493 e. The monoisotopic (exact) mass is 544 g/mol. The number of alkyl halides is 3. The number of hydrogen-bond donors (Lipinski definition) is 1. The quantitative estimate of drug-likeness (QED) is 0.285. The Morgan fingerprint density at radius 1 is 1.05 bits per heavy atom. The summed E-state index contributed by atoms with van der Waals surface area (Å²) in [6, 6.07) is 18.5. The van der Waals surface area contributed by atoms with Crippen LogP contribution in [0.5, 0.6) is 11.5 Å². The maximum absolute atomic E-state index is 13.1. The second-order valence-corrected chi connectivity index (χ2v) is 9.32. The van der Waals surface area contributed by atoms with Gasteiger partial charge in [-0.15, -0.1) is 0 Å². The van der Waals surface area contributed by atoms with Gasteiger partial charge in [-0.05, 0) is 48.0 Å². The summed E-state index contributed by atoms with van der Waals surface area (Å²) in [5.74, 6) is -0.546. The van der Waals surface area contributed by atoms with E-state index in [0.29, 0.717) is 20.5 Å². The molecule has 0 bridgehead atoms. The van der Waals surface area contributed by atoms with Crippen LogP contribution in [0.4, 0.5) is 24.5 Å². The molecule has 0 unspecified atom stereocenters. The fraction of sp³-hybridized carbons (Fsp3) is 0.115. The molecule has 4 rings (SSSR count). The summed E-state index contributed by atoms with van der Waals surface area (Å²) in [5, 5.41) is 2.22. The van der Waals surface area contributed by atoms with Gasteiger partial charge in [0, 0.05) is 0 Å². The topological polar surface area (TPSA) is 67.9 Å². The molecule has 2 amide bonds. The Morgan fingerprint density at radius 3 is 2.46 bits per heavy atom. The fourth-order valence-corrected chi connectivity index (χ4v) is 4.78.